The van der Waals surface area contributed by atoms with Crippen molar-refractivity contribution in [1.82, 2.24) is 19.9 Å². The van der Waals surface area contributed by atoms with Crippen molar-refractivity contribution in [2.45, 2.75) is 39.2 Å². The predicted molar refractivity (Wildman–Crippen MR) is 141 cm³/mol. The smallest absolute Gasteiger partial charge is 0.226 e. The predicted octanol–water partition coefficient (Wildman–Crippen LogP) is 3.56. The number of thiophene rings is 1. The molecule has 0 saturated carbocycles. The topological polar surface area (TPSA) is 124 Å². The summed E-state index contributed by atoms with van der Waals surface area (Å²) in [4.78, 5) is 17.4. The van der Waals surface area contributed by atoms with E-state index < -0.39 is 17.7 Å². The maximum atomic E-state index is 16.5. The number of likely N-dealkylation sites (N-methyl/N-ethyl adjacent to an activating group) is 1. The highest BCUT2D eigenvalue weighted by Crippen LogP contribution is 2.45. The number of anilines is 2. The largest absolute Gasteiger partial charge is 0.390 e. The van der Waals surface area contributed by atoms with Gasteiger partial charge in [0.1, 0.15) is 16.6 Å². The van der Waals surface area contributed by atoms with Crippen molar-refractivity contribution in [2.75, 3.05) is 36.8 Å². The molecule has 0 amide bonds. The van der Waals surface area contributed by atoms with Gasteiger partial charge in [-0.15, -0.1) is 11.3 Å². The number of aliphatic hydroxyl groups is 1. The number of pyridine rings is 1. The van der Waals surface area contributed by atoms with Gasteiger partial charge in [0.25, 0.3) is 0 Å². The first-order valence-electron chi connectivity index (χ1n) is 12.4. The summed E-state index contributed by atoms with van der Waals surface area (Å²) >= 11 is 0.934. The summed E-state index contributed by atoms with van der Waals surface area (Å²) in [5.74, 6) is -0.970. The molecule has 4 aromatic rings. The molecule has 2 aliphatic rings. The lowest BCUT2D eigenvalue weighted by Crippen LogP contribution is -2.43. The van der Waals surface area contributed by atoms with Crippen LogP contribution in [-0.2, 0) is 18.0 Å². The molecule has 2 atom stereocenters. The standard InChI is InChI=1S/C26H25F2N7O2S/c1-3-34(4-2)17-8-35(9-18(17)36)26-32-6-13-14-10-37-11-15(14)19(21(28)22(13)33-26)23-20-12(5-29)25(30)38-24(20)16(27)7-31-23/h6-7,17-18,36H,3-4,8-11,30H2,1-2H3/t17-,18+/m1/s1. The summed E-state index contributed by atoms with van der Waals surface area (Å²) in [6.07, 6.45) is 2.02. The van der Waals surface area contributed by atoms with Gasteiger partial charge in [0.2, 0.25) is 5.95 Å². The summed E-state index contributed by atoms with van der Waals surface area (Å²) in [5, 5.41) is 21.3. The first-order chi connectivity index (χ1) is 18.4. The molecule has 38 heavy (non-hydrogen) atoms. The highest BCUT2D eigenvalue weighted by molar-refractivity contribution is 7.23. The van der Waals surface area contributed by atoms with Gasteiger partial charge in [0, 0.05) is 35.6 Å². The van der Waals surface area contributed by atoms with Gasteiger partial charge in [-0.1, -0.05) is 13.8 Å². The van der Waals surface area contributed by atoms with E-state index in [0.717, 1.165) is 36.2 Å². The number of aliphatic hydroxyl groups excluding tert-OH is 1. The van der Waals surface area contributed by atoms with Gasteiger partial charge in [-0.25, -0.2) is 18.7 Å². The molecule has 0 aliphatic carbocycles. The van der Waals surface area contributed by atoms with Crippen LogP contribution in [0.15, 0.2) is 12.4 Å². The van der Waals surface area contributed by atoms with Gasteiger partial charge in [-0.05, 0) is 24.2 Å². The number of β-amino-alcohol motifs (C(OH)–C–C–N with tert-alkyl or cyclic N) is 1. The summed E-state index contributed by atoms with van der Waals surface area (Å²) in [6, 6.07) is 1.94. The van der Waals surface area contributed by atoms with E-state index in [-0.39, 0.29) is 56.7 Å². The van der Waals surface area contributed by atoms with Gasteiger partial charge < -0.3 is 20.5 Å². The Labute approximate surface area is 221 Å². The molecule has 2 aliphatic heterocycles. The van der Waals surface area contributed by atoms with E-state index in [9.17, 15) is 14.8 Å². The number of rotatable bonds is 5. The Morgan fingerprint density at radius 2 is 1.97 bits per heavy atom. The zero-order valence-corrected chi connectivity index (χ0v) is 21.6. The lowest BCUT2D eigenvalue weighted by atomic mass is 9.94. The first-order valence-corrected chi connectivity index (χ1v) is 13.2. The molecule has 0 spiro atoms. The average Bonchev–Trinajstić information content (AvgIpc) is 3.63. The van der Waals surface area contributed by atoms with E-state index in [1.165, 1.54) is 0 Å². The van der Waals surface area contributed by atoms with E-state index >= 15 is 4.39 Å². The number of nitriles is 1. The van der Waals surface area contributed by atoms with Crippen LogP contribution in [0.5, 0.6) is 0 Å². The van der Waals surface area contributed by atoms with E-state index in [0.29, 0.717) is 30.0 Å². The highest BCUT2D eigenvalue weighted by Gasteiger charge is 2.36. The number of ether oxygens (including phenoxy) is 1. The van der Waals surface area contributed by atoms with Crippen molar-refractivity contribution in [1.29, 1.82) is 5.26 Å². The minimum absolute atomic E-state index is 0.0658. The monoisotopic (exact) mass is 537 g/mol. The van der Waals surface area contributed by atoms with Crippen molar-refractivity contribution in [3.63, 3.8) is 0 Å². The van der Waals surface area contributed by atoms with E-state index in [2.05, 4.69) is 19.9 Å². The van der Waals surface area contributed by atoms with Crippen molar-refractivity contribution >= 4 is 43.3 Å². The van der Waals surface area contributed by atoms with Crippen LogP contribution in [0, 0.1) is 23.0 Å². The molecule has 196 valence electrons. The molecule has 3 N–H and O–H groups in total. The molecule has 12 heteroatoms. The minimum atomic E-state index is -0.651. The number of hydrogen-bond acceptors (Lipinski definition) is 10. The maximum absolute atomic E-state index is 16.5. The number of fused-ring (bicyclic) bond motifs is 4. The third-order valence-corrected chi connectivity index (χ3v) is 8.58. The zero-order chi connectivity index (χ0) is 26.7. The fourth-order valence-electron chi connectivity index (χ4n) is 5.68. The van der Waals surface area contributed by atoms with Crippen molar-refractivity contribution in [2.24, 2.45) is 0 Å². The highest BCUT2D eigenvalue weighted by atomic mass is 32.1. The molecular weight excluding hydrogens is 512 g/mol. The van der Waals surface area contributed by atoms with Crippen molar-refractivity contribution in [3.05, 3.63) is 40.7 Å². The van der Waals surface area contributed by atoms with Crippen molar-refractivity contribution < 1.29 is 18.6 Å². The van der Waals surface area contributed by atoms with Crippen LogP contribution in [0.3, 0.4) is 0 Å². The van der Waals surface area contributed by atoms with Crippen LogP contribution in [0.1, 0.15) is 30.5 Å². The summed E-state index contributed by atoms with van der Waals surface area (Å²) in [5.41, 5.74) is 7.70. The van der Waals surface area contributed by atoms with Crippen LogP contribution in [0.25, 0.3) is 32.2 Å². The molecule has 3 aromatic heterocycles. The van der Waals surface area contributed by atoms with E-state index in [4.69, 9.17) is 10.5 Å². The van der Waals surface area contributed by atoms with Crippen molar-refractivity contribution in [3.8, 4) is 17.3 Å². The number of halogens is 2. The van der Waals surface area contributed by atoms with Crippen LogP contribution in [0.2, 0.25) is 0 Å². The Morgan fingerprint density at radius 3 is 2.71 bits per heavy atom. The number of hydrogen-bond donors (Lipinski definition) is 2. The normalized spacial score (nSPS) is 19.1. The molecule has 5 heterocycles. The number of aromatic nitrogens is 3. The van der Waals surface area contributed by atoms with E-state index in [1.807, 2.05) is 24.8 Å². The summed E-state index contributed by atoms with van der Waals surface area (Å²) < 4.78 is 37.0. The van der Waals surface area contributed by atoms with Crippen LogP contribution < -0.4 is 10.6 Å². The fraction of sp³-hybridized carbons (Fsp3) is 0.385. The average molecular weight is 538 g/mol. The van der Waals surface area contributed by atoms with Crippen LogP contribution in [0.4, 0.5) is 19.7 Å². The Kier molecular flexibility index (Phi) is 6.11. The molecule has 1 fully saturated rings. The fourth-order valence-corrected chi connectivity index (χ4v) is 6.60. The van der Waals surface area contributed by atoms with Crippen LogP contribution >= 0.6 is 11.3 Å². The Bertz CT molecular complexity index is 1630. The second-order valence-corrected chi connectivity index (χ2v) is 10.5. The van der Waals surface area contributed by atoms with Gasteiger partial charge in [0.15, 0.2) is 11.6 Å². The molecule has 0 radical (unpaired) electrons. The molecule has 0 unspecified atom stereocenters. The minimum Gasteiger partial charge on any atom is -0.390 e. The third-order valence-electron chi connectivity index (χ3n) is 7.56. The summed E-state index contributed by atoms with van der Waals surface area (Å²) in [6.45, 7) is 6.89. The number of nitrogens with zero attached hydrogens (tertiary/aromatic N) is 6. The molecule has 9 nitrogen and oxygen atoms in total. The lowest BCUT2D eigenvalue weighted by Gasteiger charge is -2.27. The number of nitrogen functional groups attached to an aromatic ring is 1. The number of benzene rings is 1. The molecule has 6 rings (SSSR count). The molecule has 0 bridgehead atoms. The maximum Gasteiger partial charge on any atom is 0.226 e. The molecule has 1 aromatic carbocycles. The second kappa shape index (κ2) is 9.36. The Hall–Kier alpha value is -3.50. The quantitative estimate of drug-likeness (QED) is 0.393. The summed E-state index contributed by atoms with van der Waals surface area (Å²) in [7, 11) is 0. The second-order valence-electron chi connectivity index (χ2n) is 9.44. The number of nitrogens with two attached hydrogens (primary N) is 1. The van der Waals surface area contributed by atoms with Crippen LogP contribution in [-0.4, -0.2) is 63.3 Å². The zero-order valence-electron chi connectivity index (χ0n) is 20.8. The SMILES string of the molecule is CCN(CC)[C@@H]1CN(c2ncc3c4c(c(-c5ncc(F)c6sc(N)c(C#N)c56)c(F)c3n2)COC4)C[C@@H]1O. The molecule has 1 saturated heterocycles. The van der Waals surface area contributed by atoms with E-state index in [1.54, 1.807) is 6.20 Å². The van der Waals surface area contributed by atoms with Gasteiger partial charge in [-0.3, -0.25) is 9.88 Å². The van der Waals surface area contributed by atoms with Gasteiger partial charge >= 0.3 is 0 Å². The Balaban J connectivity index is 1.54. The molecular formula is C26H25F2N7O2S. The van der Waals surface area contributed by atoms with Gasteiger partial charge in [-0.2, -0.15) is 5.26 Å². The third kappa shape index (κ3) is 3.61. The first kappa shape index (κ1) is 24.8. The van der Waals surface area contributed by atoms with Gasteiger partial charge in [0.05, 0.1) is 47.5 Å². The lowest BCUT2D eigenvalue weighted by molar-refractivity contribution is 0.0899. The Morgan fingerprint density at radius 1 is 1.21 bits per heavy atom.